The third-order valence-electron chi connectivity index (χ3n) is 2.71. The maximum absolute atomic E-state index is 12.1. The Hall–Kier alpha value is -1.43. The molecule has 1 aromatic carbocycles. The minimum absolute atomic E-state index is 0.236. The molecule has 1 aromatic rings. The maximum Gasteiger partial charge on any atom is 0.573 e. The molecular weight excluding hydrogens is 259 g/mol. The van der Waals surface area contributed by atoms with Crippen LogP contribution in [0.3, 0.4) is 0 Å². The first-order chi connectivity index (χ1) is 8.54. The minimum atomic E-state index is -4.72. The summed E-state index contributed by atoms with van der Waals surface area (Å²) < 4.78 is 45.3. The van der Waals surface area contributed by atoms with Gasteiger partial charge in [-0.1, -0.05) is 26.8 Å². The fraction of sp³-hybridized carbons (Fsp3) is 0.538. The highest BCUT2D eigenvalue weighted by Gasteiger charge is 2.32. The van der Waals surface area contributed by atoms with E-state index in [0.717, 1.165) is 0 Å². The third-order valence-corrected chi connectivity index (χ3v) is 2.71. The SMILES string of the molecule is COc1cc(OC(F)(F)F)ccc1[C@@H](N)C(C)(C)C. The van der Waals surface area contributed by atoms with Crippen molar-refractivity contribution in [2.45, 2.75) is 33.2 Å². The molecule has 0 saturated heterocycles. The molecule has 0 aliphatic heterocycles. The molecule has 0 aliphatic rings. The van der Waals surface area contributed by atoms with Crippen molar-refractivity contribution in [1.82, 2.24) is 0 Å². The summed E-state index contributed by atoms with van der Waals surface area (Å²) in [5, 5.41) is 0. The number of benzene rings is 1. The molecule has 19 heavy (non-hydrogen) atoms. The van der Waals surface area contributed by atoms with Gasteiger partial charge in [-0.2, -0.15) is 0 Å². The lowest BCUT2D eigenvalue weighted by Crippen LogP contribution is -2.26. The number of ether oxygens (including phenoxy) is 2. The van der Waals surface area contributed by atoms with Crippen LogP contribution in [0.2, 0.25) is 0 Å². The molecule has 0 saturated carbocycles. The number of halogens is 3. The molecule has 0 spiro atoms. The van der Waals surface area contributed by atoms with Gasteiger partial charge in [0.15, 0.2) is 0 Å². The number of methoxy groups -OCH3 is 1. The number of hydrogen-bond acceptors (Lipinski definition) is 3. The average molecular weight is 277 g/mol. The largest absolute Gasteiger partial charge is 0.573 e. The van der Waals surface area contributed by atoms with E-state index in [1.54, 1.807) is 0 Å². The molecule has 3 nitrogen and oxygen atoms in total. The Labute approximate surface area is 110 Å². The van der Waals surface area contributed by atoms with E-state index >= 15 is 0 Å². The molecule has 0 unspecified atom stereocenters. The van der Waals surface area contributed by atoms with Crippen molar-refractivity contribution in [3.63, 3.8) is 0 Å². The van der Waals surface area contributed by atoms with E-state index in [4.69, 9.17) is 10.5 Å². The second-order valence-electron chi connectivity index (χ2n) is 5.30. The summed E-state index contributed by atoms with van der Waals surface area (Å²) in [7, 11) is 1.38. The van der Waals surface area contributed by atoms with Gasteiger partial charge >= 0.3 is 6.36 Å². The van der Waals surface area contributed by atoms with Crippen LogP contribution in [0.15, 0.2) is 18.2 Å². The quantitative estimate of drug-likeness (QED) is 0.917. The van der Waals surface area contributed by atoms with Gasteiger partial charge in [-0.15, -0.1) is 13.2 Å². The van der Waals surface area contributed by atoms with Gasteiger partial charge in [-0.25, -0.2) is 0 Å². The Balaban J connectivity index is 3.10. The number of rotatable bonds is 3. The molecule has 0 aromatic heterocycles. The second kappa shape index (κ2) is 5.28. The molecule has 0 amide bonds. The fourth-order valence-electron chi connectivity index (χ4n) is 1.61. The average Bonchev–Trinajstić information content (AvgIpc) is 2.24. The maximum atomic E-state index is 12.1. The zero-order valence-electron chi connectivity index (χ0n) is 11.3. The van der Waals surface area contributed by atoms with Crippen molar-refractivity contribution in [2.75, 3.05) is 7.11 Å². The van der Waals surface area contributed by atoms with Crippen molar-refractivity contribution >= 4 is 0 Å². The van der Waals surface area contributed by atoms with Crippen LogP contribution < -0.4 is 15.2 Å². The van der Waals surface area contributed by atoms with Gasteiger partial charge in [0.1, 0.15) is 11.5 Å². The number of nitrogens with two attached hydrogens (primary N) is 1. The van der Waals surface area contributed by atoms with Crippen LogP contribution in [0.4, 0.5) is 13.2 Å². The lowest BCUT2D eigenvalue weighted by molar-refractivity contribution is -0.274. The van der Waals surface area contributed by atoms with Crippen molar-refractivity contribution in [3.05, 3.63) is 23.8 Å². The monoisotopic (exact) mass is 277 g/mol. The smallest absolute Gasteiger partial charge is 0.496 e. The highest BCUT2D eigenvalue weighted by molar-refractivity contribution is 5.43. The molecule has 0 heterocycles. The Morgan fingerprint density at radius 3 is 2.16 bits per heavy atom. The van der Waals surface area contributed by atoms with Gasteiger partial charge in [-0.3, -0.25) is 0 Å². The number of hydrogen-bond donors (Lipinski definition) is 1. The first kappa shape index (κ1) is 15.6. The molecule has 0 aliphatic carbocycles. The Morgan fingerprint density at radius 2 is 1.74 bits per heavy atom. The predicted octanol–water partition coefficient (Wildman–Crippen LogP) is 3.64. The van der Waals surface area contributed by atoms with Crippen LogP contribution in [0, 0.1) is 5.41 Å². The van der Waals surface area contributed by atoms with E-state index in [1.807, 2.05) is 20.8 Å². The van der Waals surface area contributed by atoms with E-state index in [0.29, 0.717) is 5.56 Å². The Kier molecular flexibility index (Phi) is 4.35. The van der Waals surface area contributed by atoms with Crippen LogP contribution in [0.25, 0.3) is 0 Å². The first-order valence-corrected chi connectivity index (χ1v) is 5.74. The van der Waals surface area contributed by atoms with Gasteiger partial charge in [0, 0.05) is 17.7 Å². The minimum Gasteiger partial charge on any atom is -0.496 e. The zero-order chi connectivity index (χ0) is 14.8. The summed E-state index contributed by atoms with van der Waals surface area (Å²) in [5.74, 6) is -0.0432. The Morgan fingerprint density at radius 1 is 1.16 bits per heavy atom. The van der Waals surface area contributed by atoms with Crippen molar-refractivity contribution in [2.24, 2.45) is 11.1 Å². The van der Waals surface area contributed by atoms with Crippen molar-refractivity contribution in [1.29, 1.82) is 0 Å². The summed E-state index contributed by atoms with van der Waals surface area (Å²) in [6.07, 6.45) is -4.72. The van der Waals surface area contributed by atoms with Crippen molar-refractivity contribution in [3.8, 4) is 11.5 Å². The Bertz CT molecular complexity index is 438. The normalized spacial score (nSPS) is 14.1. The fourth-order valence-corrected chi connectivity index (χ4v) is 1.61. The summed E-state index contributed by atoms with van der Waals surface area (Å²) in [5.41, 5.74) is 6.49. The predicted molar refractivity (Wildman–Crippen MR) is 66.1 cm³/mol. The van der Waals surface area contributed by atoms with Crippen LogP contribution in [-0.2, 0) is 0 Å². The molecule has 0 fully saturated rings. The molecule has 6 heteroatoms. The summed E-state index contributed by atoms with van der Waals surface area (Å²) in [6, 6.07) is 3.56. The van der Waals surface area contributed by atoms with E-state index in [-0.39, 0.29) is 23.0 Å². The van der Waals surface area contributed by atoms with Crippen LogP contribution >= 0.6 is 0 Å². The van der Waals surface area contributed by atoms with E-state index in [2.05, 4.69) is 4.74 Å². The summed E-state index contributed by atoms with van der Waals surface area (Å²) >= 11 is 0. The van der Waals surface area contributed by atoms with E-state index in [1.165, 1.54) is 25.3 Å². The molecule has 2 N–H and O–H groups in total. The topological polar surface area (TPSA) is 44.5 Å². The third kappa shape index (κ3) is 4.31. The van der Waals surface area contributed by atoms with Gasteiger partial charge in [0.25, 0.3) is 0 Å². The standard InChI is InChI=1S/C13H18F3NO2/c1-12(2,3)11(17)9-6-5-8(7-10(9)18-4)19-13(14,15)16/h5-7,11H,17H2,1-4H3/t11-/m1/s1. The van der Waals surface area contributed by atoms with Crippen LogP contribution in [0.1, 0.15) is 32.4 Å². The lowest BCUT2D eigenvalue weighted by atomic mass is 9.83. The molecule has 0 radical (unpaired) electrons. The summed E-state index contributed by atoms with van der Waals surface area (Å²) in [4.78, 5) is 0. The zero-order valence-corrected chi connectivity index (χ0v) is 11.3. The van der Waals surface area contributed by atoms with Gasteiger partial charge in [-0.05, 0) is 11.5 Å². The van der Waals surface area contributed by atoms with Gasteiger partial charge < -0.3 is 15.2 Å². The van der Waals surface area contributed by atoms with Crippen LogP contribution in [-0.4, -0.2) is 13.5 Å². The molecule has 1 atom stereocenters. The first-order valence-electron chi connectivity index (χ1n) is 5.74. The van der Waals surface area contributed by atoms with Crippen LogP contribution in [0.5, 0.6) is 11.5 Å². The molecular formula is C13H18F3NO2. The molecule has 1 rings (SSSR count). The molecule has 108 valence electrons. The highest BCUT2D eigenvalue weighted by Crippen LogP contribution is 2.38. The van der Waals surface area contributed by atoms with Crippen molar-refractivity contribution < 1.29 is 22.6 Å². The summed E-state index contributed by atoms with van der Waals surface area (Å²) in [6.45, 7) is 5.83. The molecule has 0 bridgehead atoms. The highest BCUT2D eigenvalue weighted by atomic mass is 19.4. The second-order valence-corrected chi connectivity index (χ2v) is 5.30. The lowest BCUT2D eigenvalue weighted by Gasteiger charge is -2.28. The van der Waals surface area contributed by atoms with Gasteiger partial charge in [0.2, 0.25) is 0 Å². The van der Waals surface area contributed by atoms with E-state index < -0.39 is 6.36 Å². The van der Waals surface area contributed by atoms with Gasteiger partial charge in [0.05, 0.1) is 7.11 Å². The number of alkyl halides is 3. The van der Waals surface area contributed by atoms with E-state index in [9.17, 15) is 13.2 Å².